The van der Waals surface area contributed by atoms with Crippen LogP contribution in [-0.4, -0.2) is 26.8 Å². The van der Waals surface area contributed by atoms with E-state index in [1.165, 1.54) is 0 Å². The number of rotatable bonds is 5. The van der Waals surface area contributed by atoms with Gasteiger partial charge in [0.15, 0.2) is 10.6 Å². The first kappa shape index (κ1) is 13.4. The lowest BCUT2D eigenvalue weighted by Gasteiger charge is -2.17. The Morgan fingerprint density at radius 3 is 2.72 bits per heavy atom. The van der Waals surface area contributed by atoms with Crippen molar-refractivity contribution in [2.24, 2.45) is 0 Å². The van der Waals surface area contributed by atoms with Crippen molar-refractivity contribution in [1.82, 2.24) is 14.8 Å². The first-order valence-corrected chi connectivity index (χ1v) is 7.79. The highest BCUT2D eigenvalue weighted by atomic mass is 32.2. The van der Waals surface area contributed by atoms with Gasteiger partial charge in [0, 0.05) is 17.4 Å². The van der Waals surface area contributed by atoms with Gasteiger partial charge in [-0.05, 0) is 24.9 Å². The molecule has 0 aliphatic heterocycles. The van der Waals surface area contributed by atoms with E-state index in [4.69, 9.17) is 12.2 Å². The van der Waals surface area contributed by atoms with Crippen LogP contribution in [0.3, 0.4) is 0 Å². The molecular formula is C13H17N3S2. The third-order valence-electron chi connectivity index (χ3n) is 2.93. The molecule has 1 N–H and O–H groups in total. The summed E-state index contributed by atoms with van der Waals surface area (Å²) >= 11 is 7.20. The van der Waals surface area contributed by atoms with Gasteiger partial charge in [0.1, 0.15) is 0 Å². The summed E-state index contributed by atoms with van der Waals surface area (Å²) in [5, 5.41) is 7.29. The van der Waals surface area contributed by atoms with Crippen LogP contribution in [0.5, 0.6) is 0 Å². The summed E-state index contributed by atoms with van der Waals surface area (Å²) in [5.74, 6) is 1.98. The molecule has 0 spiro atoms. The molecule has 0 aliphatic rings. The molecule has 1 atom stereocenters. The zero-order valence-electron chi connectivity index (χ0n) is 10.6. The summed E-state index contributed by atoms with van der Waals surface area (Å²) in [5.41, 5.74) is 1.10. The molecule has 2 aromatic rings. The Bertz CT molecular complexity index is 545. The zero-order valence-corrected chi connectivity index (χ0v) is 12.2. The second kappa shape index (κ2) is 6.20. The number of aromatic nitrogens is 3. The van der Waals surface area contributed by atoms with Gasteiger partial charge in [-0.1, -0.05) is 37.3 Å². The summed E-state index contributed by atoms with van der Waals surface area (Å²) < 4.78 is 2.84. The van der Waals surface area contributed by atoms with Crippen molar-refractivity contribution in [3.8, 4) is 11.4 Å². The molecule has 1 unspecified atom stereocenters. The molecule has 0 saturated carbocycles. The van der Waals surface area contributed by atoms with Crippen LogP contribution in [0.1, 0.15) is 19.4 Å². The lowest BCUT2D eigenvalue weighted by molar-refractivity contribution is 0.537. The molecule has 18 heavy (non-hydrogen) atoms. The second-order valence-corrected chi connectivity index (χ2v) is 5.40. The number of H-pyrrole nitrogens is 1. The van der Waals surface area contributed by atoms with Crippen LogP contribution in [0, 0.1) is 4.77 Å². The summed E-state index contributed by atoms with van der Waals surface area (Å²) in [6.45, 7) is 2.18. The summed E-state index contributed by atoms with van der Waals surface area (Å²) in [7, 11) is 0. The van der Waals surface area contributed by atoms with Crippen molar-refractivity contribution in [2.75, 3.05) is 12.0 Å². The molecule has 1 aromatic carbocycles. The molecule has 0 saturated heterocycles. The minimum absolute atomic E-state index is 0.390. The van der Waals surface area contributed by atoms with E-state index < -0.39 is 0 Å². The first-order chi connectivity index (χ1) is 8.77. The number of hydrogen-bond acceptors (Lipinski definition) is 3. The van der Waals surface area contributed by atoms with Gasteiger partial charge in [0.05, 0.1) is 0 Å². The molecule has 0 amide bonds. The Labute approximate surface area is 117 Å². The van der Waals surface area contributed by atoms with Gasteiger partial charge in [-0.3, -0.25) is 9.67 Å². The van der Waals surface area contributed by atoms with Gasteiger partial charge >= 0.3 is 0 Å². The van der Waals surface area contributed by atoms with Crippen LogP contribution in [-0.2, 0) is 0 Å². The van der Waals surface area contributed by atoms with E-state index in [0.717, 1.165) is 23.6 Å². The van der Waals surface area contributed by atoms with E-state index in [0.29, 0.717) is 10.8 Å². The van der Waals surface area contributed by atoms with Crippen LogP contribution >= 0.6 is 24.0 Å². The van der Waals surface area contributed by atoms with Gasteiger partial charge < -0.3 is 0 Å². The molecule has 2 rings (SSSR count). The average Bonchev–Trinajstić information content (AvgIpc) is 2.79. The van der Waals surface area contributed by atoms with Gasteiger partial charge in [0.2, 0.25) is 0 Å². The monoisotopic (exact) mass is 279 g/mol. The van der Waals surface area contributed by atoms with E-state index in [1.54, 1.807) is 0 Å². The van der Waals surface area contributed by atoms with Crippen molar-refractivity contribution in [2.45, 2.75) is 19.4 Å². The van der Waals surface area contributed by atoms with Crippen LogP contribution in [0.25, 0.3) is 11.4 Å². The lowest BCUT2D eigenvalue weighted by Crippen LogP contribution is -2.12. The number of hydrogen-bond donors (Lipinski definition) is 1. The van der Waals surface area contributed by atoms with Gasteiger partial charge in [-0.25, -0.2) is 0 Å². The Morgan fingerprint density at radius 1 is 1.39 bits per heavy atom. The number of aromatic amines is 1. The fourth-order valence-corrected chi connectivity index (χ4v) is 3.05. The molecular weight excluding hydrogens is 262 g/mol. The quantitative estimate of drug-likeness (QED) is 0.842. The smallest absolute Gasteiger partial charge is 0.195 e. The number of nitrogens with one attached hydrogen (secondary N) is 1. The zero-order chi connectivity index (χ0) is 13.0. The van der Waals surface area contributed by atoms with Crippen LogP contribution < -0.4 is 0 Å². The highest BCUT2D eigenvalue weighted by molar-refractivity contribution is 7.98. The minimum atomic E-state index is 0.390. The Kier molecular flexibility index (Phi) is 4.60. The van der Waals surface area contributed by atoms with Crippen molar-refractivity contribution in [3.05, 3.63) is 35.1 Å². The summed E-state index contributed by atoms with van der Waals surface area (Å²) in [4.78, 5) is 0. The van der Waals surface area contributed by atoms with E-state index in [9.17, 15) is 0 Å². The normalized spacial score (nSPS) is 12.6. The topological polar surface area (TPSA) is 33.6 Å². The van der Waals surface area contributed by atoms with Crippen molar-refractivity contribution in [1.29, 1.82) is 0 Å². The largest absolute Gasteiger partial charge is 0.296 e. The van der Waals surface area contributed by atoms with Crippen LogP contribution in [0.2, 0.25) is 0 Å². The molecule has 96 valence electrons. The third kappa shape index (κ3) is 2.67. The molecule has 1 heterocycles. The van der Waals surface area contributed by atoms with Gasteiger partial charge in [0.25, 0.3) is 0 Å². The maximum Gasteiger partial charge on any atom is 0.195 e. The highest BCUT2D eigenvalue weighted by Crippen LogP contribution is 2.24. The fourth-order valence-electron chi connectivity index (χ4n) is 2.00. The van der Waals surface area contributed by atoms with Crippen molar-refractivity contribution in [3.63, 3.8) is 0 Å². The van der Waals surface area contributed by atoms with Crippen LogP contribution in [0.4, 0.5) is 0 Å². The molecule has 1 aromatic heterocycles. The molecule has 0 aliphatic carbocycles. The SMILES string of the molecule is CCC(CSC)n1c(-c2ccccc2)n[nH]c1=S. The maximum absolute atomic E-state index is 5.37. The predicted octanol–water partition coefficient (Wildman–Crippen LogP) is 3.92. The first-order valence-electron chi connectivity index (χ1n) is 5.99. The predicted molar refractivity (Wildman–Crippen MR) is 80.6 cm³/mol. The van der Waals surface area contributed by atoms with Gasteiger partial charge in [-0.15, -0.1) is 0 Å². The third-order valence-corrected chi connectivity index (χ3v) is 3.94. The molecule has 0 fully saturated rings. The van der Waals surface area contributed by atoms with E-state index >= 15 is 0 Å². The Morgan fingerprint density at radius 2 is 2.11 bits per heavy atom. The Balaban J connectivity index is 2.47. The van der Waals surface area contributed by atoms with E-state index in [1.807, 2.05) is 30.0 Å². The number of thioether (sulfide) groups is 1. The minimum Gasteiger partial charge on any atom is -0.296 e. The molecule has 0 bridgehead atoms. The molecule has 0 radical (unpaired) electrons. The van der Waals surface area contributed by atoms with Gasteiger partial charge in [-0.2, -0.15) is 16.9 Å². The number of benzene rings is 1. The Hall–Kier alpha value is -1.07. The summed E-state index contributed by atoms with van der Waals surface area (Å²) in [6, 6.07) is 10.6. The summed E-state index contributed by atoms with van der Waals surface area (Å²) in [6.07, 6.45) is 3.17. The average molecular weight is 279 g/mol. The highest BCUT2D eigenvalue weighted by Gasteiger charge is 2.16. The van der Waals surface area contributed by atoms with Crippen LogP contribution in [0.15, 0.2) is 30.3 Å². The van der Waals surface area contributed by atoms with E-state index in [-0.39, 0.29) is 0 Å². The van der Waals surface area contributed by atoms with Crippen molar-refractivity contribution < 1.29 is 0 Å². The maximum atomic E-state index is 5.37. The second-order valence-electron chi connectivity index (χ2n) is 4.11. The fraction of sp³-hybridized carbons (Fsp3) is 0.385. The van der Waals surface area contributed by atoms with E-state index in [2.05, 4.69) is 40.1 Å². The number of nitrogens with zero attached hydrogens (tertiary/aromatic N) is 2. The van der Waals surface area contributed by atoms with Crippen molar-refractivity contribution >= 4 is 24.0 Å². The molecule has 3 nitrogen and oxygen atoms in total. The lowest BCUT2D eigenvalue weighted by atomic mass is 10.2. The standard InChI is InChI=1S/C13H17N3S2/c1-3-11(9-18-2)16-12(14-15-13(16)17)10-7-5-4-6-8-10/h4-8,11H,3,9H2,1-2H3,(H,15,17). The molecule has 5 heteroatoms.